The molecule has 0 amide bonds. The van der Waals surface area contributed by atoms with Crippen molar-refractivity contribution >= 4 is 27.6 Å². The molecular weight excluding hydrogens is 294 g/mol. The standard InChI is InChI=1S/C14H18BrNO2/c1-9(2)14(5-6-14)8-16-12-4-3-10(13(17)18)7-11(12)15/h3-4,7,9,16H,5-6,8H2,1-2H3,(H,17,18). The largest absolute Gasteiger partial charge is 0.478 e. The van der Waals surface area contributed by atoms with Gasteiger partial charge in [0.05, 0.1) is 5.56 Å². The fourth-order valence-electron chi connectivity index (χ4n) is 2.18. The van der Waals surface area contributed by atoms with Crippen LogP contribution in [0.2, 0.25) is 0 Å². The summed E-state index contributed by atoms with van der Waals surface area (Å²) in [5.74, 6) is -0.217. The Labute approximate surface area is 116 Å². The highest BCUT2D eigenvalue weighted by molar-refractivity contribution is 9.10. The lowest BCUT2D eigenvalue weighted by Gasteiger charge is -2.21. The van der Waals surface area contributed by atoms with E-state index in [0.29, 0.717) is 16.9 Å². The van der Waals surface area contributed by atoms with Crippen LogP contribution in [0.15, 0.2) is 22.7 Å². The first-order valence-corrected chi connectivity index (χ1v) is 7.01. The summed E-state index contributed by atoms with van der Waals surface area (Å²) >= 11 is 3.41. The normalized spacial score (nSPS) is 16.7. The van der Waals surface area contributed by atoms with E-state index in [9.17, 15) is 4.79 Å². The van der Waals surface area contributed by atoms with Crippen molar-refractivity contribution < 1.29 is 9.90 Å². The second-order valence-electron chi connectivity index (χ2n) is 5.37. The zero-order valence-corrected chi connectivity index (χ0v) is 12.3. The minimum absolute atomic E-state index is 0.303. The molecule has 1 fully saturated rings. The van der Waals surface area contributed by atoms with E-state index in [0.717, 1.165) is 16.7 Å². The molecule has 0 bridgehead atoms. The Morgan fingerprint density at radius 3 is 2.61 bits per heavy atom. The highest BCUT2D eigenvalue weighted by Gasteiger charge is 2.44. The molecule has 1 aromatic rings. The van der Waals surface area contributed by atoms with Crippen molar-refractivity contribution in [1.29, 1.82) is 0 Å². The molecule has 0 heterocycles. The highest BCUT2D eigenvalue weighted by Crippen LogP contribution is 2.51. The number of nitrogens with one attached hydrogen (secondary N) is 1. The minimum atomic E-state index is -0.900. The molecule has 2 rings (SSSR count). The topological polar surface area (TPSA) is 49.3 Å². The van der Waals surface area contributed by atoms with E-state index >= 15 is 0 Å². The number of hydrogen-bond acceptors (Lipinski definition) is 2. The van der Waals surface area contributed by atoms with Crippen LogP contribution in [0.4, 0.5) is 5.69 Å². The number of carboxylic acid groups (broad SMARTS) is 1. The number of rotatable bonds is 5. The third-order valence-electron chi connectivity index (χ3n) is 3.96. The van der Waals surface area contributed by atoms with Gasteiger partial charge in [-0.2, -0.15) is 0 Å². The summed E-state index contributed by atoms with van der Waals surface area (Å²) in [7, 11) is 0. The van der Waals surface area contributed by atoms with Gasteiger partial charge in [-0.3, -0.25) is 0 Å². The molecule has 1 saturated carbocycles. The van der Waals surface area contributed by atoms with Crippen LogP contribution in [0, 0.1) is 11.3 Å². The maximum atomic E-state index is 10.8. The molecule has 0 atom stereocenters. The number of hydrogen-bond donors (Lipinski definition) is 2. The Balaban J connectivity index is 2.04. The molecule has 4 heteroatoms. The van der Waals surface area contributed by atoms with Gasteiger partial charge >= 0.3 is 5.97 Å². The van der Waals surface area contributed by atoms with Crippen molar-refractivity contribution in [1.82, 2.24) is 0 Å². The number of carbonyl (C=O) groups is 1. The van der Waals surface area contributed by atoms with Crippen LogP contribution in [0.1, 0.15) is 37.0 Å². The summed E-state index contributed by atoms with van der Waals surface area (Å²) in [5, 5.41) is 12.3. The molecule has 1 aromatic carbocycles. The van der Waals surface area contributed by atoms with Crippen LogP contribution in [-0.4, -0.2) is 17.6 Å². The monoisotopic (exact) mass is 311 g/mol. The van der Waals surface area contributed by atoms with Crippen molar-refractivity contribution in [2.24, 2.45) is 11.3 Å². The molecule has 0 aliphatic heterocycles. The molecule has 1 aliphatic carbocycles. The lowest BCUT2D eigenvalue weighted by Crippen LogP contribution is -2.21. The first-order valence-electron chi connectivity index (χ1n) is 6.21. The molecule has 0 spiro atoms. The van der Waals surface area contributed by atoms with Crippen molar-refractivity contribution in [3.63, 3.8) is 0 Å². The lowest BCUT2D eigenvalue weighted by atomic mass is 9.92. The second-order valence-corrected chi connectivity index (χ2v) is 6.22. The molecule has 3 nitrogen and oxygen atoms in total. The van der Waals surface area contributed by atoms with E-state index in [1.165, 1.54) is 12.8 Å². The molecule has 0 radical (unpaired) electrons. The molecule has 18 heavy (non-hydrogen) atoms. The van der Waals surface area contributed by atoms with E-state index in [4.69, 9.17) is 5.11 Å². The number of anilines is 1. The van der Waals surface area contributed by atoms with Gasteiger partial charge in [0.15, 0.2) is 0 Å². The van der Waals surface area contributed by atoms with Crippen LogP contribution in [-0.2, 0) is 0 Å². The van der Waals surface area contributed by atoms with E-state index in [2.05, 4.69) is 35.1 Å². The molecule has 0 unspecified atom stereocenters. The summed E-state index contributed by atoms with van der Waals surface area (Å²) in [6, 6.07) is 5.09. The average molecular weight is 312 g/mol. The zero-order chi connectivity index (χ0) is 13.3. The highest BCUT2D eigenvalue weighted by atomic mass is 79.9. The van der Waals surface area contributed by atoms with Crippen molar-refractivity contribution in [3.8, 4) is 0 Å². The first kappa shape index (κ1) is 13.4. The zero-order valence-electron chi connectivity index (χ0n) is 10.7. The number of carboxylic acids is 1. The van der Waals surface area contributed by atoms with E-state index in [-0.39, 0.29) is 0 Å². The van der Waals surface area contributed by atoms with Crippen LogP contribution >= 0.6 is 15.9 Å². The maximum Gasteiger partial charge on any atom is 0.335 e. The Bertz CT molecular complexity index is 467. The third-order valence-corrected chi connectivity index (χ3v) is 4.62. The van der Waals surface area contributed by atoms with Gasteiger partial charge < -0.3 is 10.4 Å². The van der Waals surface area contributed by atoms with Gasteiger partial charge in [0.25, 0.3) is 0 Å². The smallest absolute Gasteiger partial charge is 0.335 e. The van der Waals surface area contributed by atoms with Crippen molar-refractivity contribution in [3.05, 3.63) is 28.2 Å². The summed E-state index contributed by atoms with van der Waals surface area (Å²) < 4.78 is 0.807. The number of aromatic carboxylic acids is 1. The Kier molecular flexibility index (Phi) is 3.66. The predicted octanol–water partition coefficient (Wildman–Crippen LogP) is 4.00. The fourth-order valence-corrected chi connectivity index (χ4v) is 2.70. The minimum Gasteiger partial charge on any atom is -0.478 e. The molecule has 1 aliphatic rings. The summed E-state index contributed by atoms with van der Waals surface area (Å²) in [6.07, 6.45) is 2.56. The van der Waals surface area contributed by atoms with E-state index in [1.54, 1.807) is 12.1 Å². The van der Waals surface area contributed by atoms with Gasteiger partial charge in [-0.1, -0.05) is 13.8 Å². The first-order chi connectivity index (χ1) is 8.44. The fraction of sp³-hybridized carbons (Fsp3) is 0.500. The Morgan fingerprint density at radius 1 is 1.50 bits per heavy atom. The Hall–Kier alpha value is -1.03. The SMILES string of the molecule is CC(C)C1(CNc2ccc(C(=O)O)cc2Br)CC1. The van der Waals surface area contributed by atoms with Gasteiger partial charge in [0.1, 0.15) is 0 Å². The van der Waals surface area contributed by atoms with Crippen molar-refractivity contribution in [2.75, 3.05) is 11.9 Å². The van der Waals surface area contributed by atoms with Gasteiger partial charge in [0.2, 0.25) is 0 Å². The van der Waals surface area contributed by atoms with Crippen LogP contribution in [0.5, 0.6) is 0 Å². The summed E-state index contributed by atoms with van der Waals surface area (Å²) in [6.45, 7) is 5.48. The van der Waals surface area contributed by atoms with Crippen LogP contribution in [0.25, 0.3) is 0 Å². The lowest BCUT2D eigenvalue weighted by molar-refractivity contribution is 0.0697. The van der Waals surface area contributed by atoms with E-state index < -0.39 is 5.97 Å². The maximum absolute atomic E-state index is 10.8. The number of halogens is 1. The van der Waals surface area contributed by atoms with Gasteiger partial charge in [-0.15, -0.1) is 0 Å². The number of benzene rings is 1. The molecule has 2 N–H and O–H groups in total. The summed E-state index contributed by atoms with van der Waals surface area (Å²) in [5.41, 5.74) is 1.70. The molecule has 0 aromatic heterocycles. The van der Waals surface area contributed by atoms with Gasteiger partial charge in [-0.05, 0) is 58.3 Å². The van der Waals surface area contributed by atoms with Gasteiger partial charge in [-0.25, -0.2) is 4.79 Å². The van der Waals surface area contributed by atoms with Gasteiger partial charge in [0, 0.05) is 16.7 Å². The average Bonchev–Trinajstić information content (AvgIpc) is 3.08. The van der Waals surface area contributed by atoms with E-state index in [1.807, 2.05) is 6.07 Å². The summed E-state index contributed by atoms with van der Waals surface area (Å²) in [4.78, 5) is 10.8. The van der Waals surface area contributed by atoms with Crippen molar-refractivity contribution in [2.45, 2.75) is 26.7 Å². The predicted molar refractivity (Wildman–Crippen MR) is 76.1 cm³/mol. The van der Waals surface area contributed by atoms with Crippen LogP contribution in [0.3, 0.4) is 0 Å². The second kappa shape index (κ2) is 4.92. The third kappa shape index (κ3) is 2.69. The molecular formula is C14H18BrNO2. The quantitative estimate of drug-likeness (QED) is 0.864. The molecule has 0 saturated heterocycles. The molecule has 98 valence electrons. The van der Waals surface area contributed by atoms with Crippen LogP contribution < -0.4 is 5.32 Å². The Morgan fingerprint density at radius 2 is 2.17 bits per heavy atom.